The molecule has 3 aromatic carbocycles. The van der Waals surface area contributed by atoms with Gasteiger partial charge in [-0.05, 0) is 78.9 Å². The van der Waals surface area contributed by atoms with Crippen molar-refractivity contribution in [3.63, 3.8) is 0 Å². The van der Waals surface area contributed by atoms with E-state index in [1.807, 2.05) is 24.3 Å². The molecule has 186 valence electrons. The Hall–Kier alpha value is -3.64. The van der Waals surface area contributed by atoms with Crippen LogP contribution in [0.4, 0.5) is 5.69 Å². The van der Waals surface area contributed by atoms with Gasteiger partial charge in [-0.2, -0.15) is 0 Å². The summed E-state index contributed by atoms with van der Waals surface area (Å²) in [6.45, 7) is 4.52. The van der Waals surface area contributed by atoms with Crippen LogP contribution in [-0.4, -0.2) is 49.5 Å². The Balaban J connectivity index is 1.19. The largest absolute Gasteiger partial charge is 0.492 e. The minimum absolute atomic E-state index is 0.0678. The van der Waals surface area contributed by atoms with Crippen molar-refractivity contribution in [1.82, 2.24) is 10.2 Å². The summed E-state index contributed by atoms with van der Waals surface area (Å²) in [7, 11) is 0. The number of amides is 2. The number of nitrogens with one attached hydrogen (secondary N) is 2. The molecule has 2 aliphatic heterocycles. The lowest BCUT2D eigenvalue weighted by atomic mass is 9.95. The second-order valence-corrected chi connectivity index (χ2v) is 9.65. The third-order valence-electron chi connectivity index (χ3n) is 7.02. The highest BCUT2D eigenvalue weighted by Gasteiger charge is 2.27. The molecule has 2 N–H and O–H groups in total. The van der Waals surface area contributed by atoms with E-state index in [0.717, 1.165) is 36.6 Å². The monoisotopic (exact) mass is 483 g/mol. The van der Waals surface area contributed by atoms with Gasteiger partial charge in [-0.3, -0.25) is 14.5 Å². The Morgan fingerprint density at radius 2 is 1.72 bits per heavy atom. The van der Waals surface area contributed by atoms with Crippen molar-refractivity contribution in [2.45, 2.75) is 25.7 Å². The molecule has 2 amide bonds. The molecular formula is C30H33N3O3. The fraction of sp³-hybridized carbons (Fsp3) is 0.333. The van der Waals surface area contributed by atoms with Crippen molar-refractivity contribution < 1.29 is 14.3 Å². The SMILES string of the molecule is O=C1CC(C(=O)Nc2ccc(-c3ccccc3Cc3ccc(OCCN4CCCC4)cc3)cc2)CN1. The van der Waals surface area contributed by atoms with E-state index >= 15 is 0 Å². The summed E-state index contributed by atoms with van der Waals surface area (Å²) in [6, 6.07) is 24.7. The van der Waals surface area contributed by atoms with Crippen molar-refractivity contribution in [2.75, 3.05) is 38.1 Å². The van der Waals surface area contributed by atoms with Gasteiger partial charge < -0.3 is 15.4 Å². The maximum atomic E-state index is 12.4. The number of rotatable bonds is 9. The summed E-state index contributed by atoms with van der Waals surface area (Å²) in [4.78, 5) is 26.2. The predicted molar refractivity (Wildman–Crippen MR) is 142 cm³/mol. The van der Waals surface area contributed by atoms with Crippen molar-refractivity contribution in [2.24, 2.45) is 5.92 Å². The molecule has 0 aliphatic carbocycles. The van der Waals surface area contributed by atoms with E-state index in [1.165, 1.54) is 42.6 Å². The van der Waals surface area contributed by atoms with Gasteiger partial charge in [0.15, 0.2) is 0 Å². The van der Waals surface area contributed by atoms with Crippen LogP contribution in [0.15, 0.2) is 72.8 Å². The normalized spacial score (nSPS) is 17.7. The summed E-state index contributed by atoms with van der Waals surface area (Å²) in [5, 5.41) is 5.63. The number of carbonyl (C=O) groups excluding carboxylic acids is 2. The van der Waals surface area contributed by atoms with Gasteiger partial charge in [-0.1, -0.05) is 48.5 Å². The van der Waals surface area contributed by atoms with Gasteiger partial charge in [0, 0.05) is 25.2 Å². The molecule has 6 heteroatoms. The van der Waals surface area contributed by atoms with Gasteiger partial charge in [0.2, 0.25) is 11.8 Å². The molecule has 2 aliphatic rings. The van der Waals surface area contributed by atoms with E-state index in [1.54, 1.807) is 0 Å². The van der Waals surface area contributed by atoms with Crippen LogP contribution in [0.25, 0.3) is 11.1 Å². The highest BCUT2D eigenvalue weighted by atomic mass is 16.5. The molecule has 1 atom stereocenters. The Morgan fingerprint density at radius 1 is 0.972 bits per heavy atom. The van der Waals surface area contributed by atoms with Gasteiger partial charge in [-0.25, -0.2) is 0 Å². The molecule has 1 unspecified atom stereocenters. The molecular weight excluding hydrogens is 450 g/mol. The van der Waals surface area contributed by atoms with Crippen LogP contribution in [0.3, 0.4) is 0 Å². The van der Waals surface area contributed by atoms with E-state index in [2.05, 4.69) is 64.1 Å². The lowest BCUT2D eigenvalue weighted by molar-refractivity contribution is -0.123. The summed E-state index contributed by atoms with van der Waals surface area (Å²) in [5.41, 5.74) is 5.49. The highest BCUT2D eigenvalue weighted by molar-refractivity contribution is 5.97. The van der Waals surface area contributed by atoms with Gasteiger partial charge in [0.05, 0.1) is 5.92 Å². The Bertz CT molecular complexity index is 1180. The lowest BCUT2D eigenvalue weighted by Crippen LogP contribution is -2.25. The topological polar surface area (TPSA) is 70.7 Å². The van der Waals surface area contributed by atoms with Crippen LogP contribution in [0.5, 0.6) is 5.75 Å². The smallest absolute Gasteiger partial charge is 0.229 e. The lowest BCUT2D eigenvalue weighted by Gasteiger charge is -2.15. The average Bonchev–Trinajstić information content (AvgIpc) is 3.58. The van der Waals surface area contributed by atoms with E-state index in [4.69, 9.17) is 4.74 Å². The predicted octanol–water partition coefficient (Wildman–Crippen LogP) is 4.49. The number of hydrogen-bond donors (Lipinski definition) is 2. The zero-order chi connectivity index (χ0) is 24.7. The van der Waals surface area contributed by atoms with E-state index < -0.39 is 0 Å². The second kappa shape index (κ2) is 11.4. The zero-order valence-corrected chi connectivity index (χ0v) is 20.5. The number of likely N-dealkylation sites (tertiary alicyclic amines) is 1. The van der Waals surface area contributed by atoms with Crippen LogP contribution in [0.2, 0.25) is 0 Å². The summed E-state index contributed by atoms with van der Waals surface area (Å²) >= 11 is 0. The molecule has 2 fully saturated rings. The maximum absolute atomic E-state index is 12.4. The molecule has 36 heavy (non-hydrogen) atoms. The minimum Gasteiger partial charge on any atom is -0.492 e. The van der Waals surface area contributed by atoms with Crippen molar-refractivity contribution in [3.8, 4) is 16.9 Å². The highest BCUT2D eigenvalue weighted by Crippen LogP contribution is 2.28. The molecule has 6 nitrogen and oxygen atoms in total. The summed E-state index contributed by atoms with van der Waals surface area (Å²) in [6.07, 6.45) is 3.69. The van der Waals surface area contributed by atoms with E-state index in [0.29, 0.717) is 6.54 Å². The van der Waals surface area contributed by atoms with Crippen molar-refractivity contribution in [1.29, 1.82) is 0 Å². The first-order valence-electron chi connectivity index (χ1n) is 12.8. The molecule has 3 aromatic rings. The van der Waals surface area contributed by atoms with Crippen LogP contribution in [0.1, 0.15) is 30.4 Å². The first kappa shape index (κ1) is 24.1. The Kier molecular flexibility index (Phi) is 7.62. The first-order chi connectivity index (χ1) is 17.6. The minimum atomic E-state index is -0.306. The summed E-state index contributed by atoms with van der Waals surface area (Å²) in [5.74, 6) is 0.424. The number of hydrogen-bond acceptors (Lipinski definition) is 4. The fourth-order valence-corrected chi connectivity index (χ4v) is 4.95. The number of ether oxygens (including phenoxy) is 1. The van der Waals surface area contributed by atoms with Crippen molar-refractivity contribution >= 4 is 17.5 Å². The molecule has 5 rings (SSSR count). The van der Waals surface area contributed by atoms with Gasteiger partial charge in [-0.15, -0.1) is 0 Å². The van der Waals surface area contributed by atoms with Gasteiger partial charge in [0.1, 0.15) is 12.4 Å². The van der Waals surface area contributed by atoms with E-state index in [9.17, 15) is 9.59 Å². The molecule has 0 radical (unpaired) electrons. The first-order valence-corrected chi connectivity index (χ1v) is 12.8. The average molecular weight is 484 g/mol. The molecule has 0 saturated carbocycles. The molecule has 0 bridgehead atoms. The van der Waals surface area contributed by atoms with Crippen LogP contribution in [0, 0.1) is 5.92 Å². The second-order valence-electron chi connectivity index (χ2n) is 9.65. The Labute approximate surface area is 212 Å². The standard InChI is InChI=1S/C30H33N3O3/c34-29-20-25(21-31-29)30(35)32-26-11-9-23(10-12-26)28-6-2-1-5-24(28)19-22-7-13-27(14-8-22)36-18-17-33-15-3-4-16-33/h1-2,5-14,25H,3-4,15-21H2,(H,31,34)(H,32,35). The molecule has 0 aromatic heterocycles. The third-order valence-corrected chi connectivity index (χ3v) is 7.02. The van der Waals surface area contributed by atoms with E-state index in [-0.39, 0.29) is 24.2 Å². The fourth-order valence-electron chi connectivity index (χ4n) is 4.95. The van der Waals surface area contributed by atoms with Gasteiger partial charge in [0.25, 0.3) is 0 Å². The van der Waals surface area contributed by atoms with Crippen LogP contribution in [-0.2, 0) is 16.0 Å². The number of carbonyl (C=O) groups is 2. The van der Waals surface area contributed by atoms with Crippen LogP contribution < -0.4 is 15.4 Å². The number of anilines is 1. The quantitative estimate of drug-likeness (QED) is 0.470. The summed E-state index contributed by atoms with van der Waals surface area (Å²) < 4.78 is 5.95. The van der Waals surface area contributed by atoms with Crippen LogP contribution >= 0.6 is 0 Å². The maximum Gasteiger partial charge on any atom is 0.229 e. The third kappa shape index (κ3) is 6.13. The number of benzene rings is 3. The van der Waals surface area contributed by atoms with Gasteiger partial charge >= 0.3 is 0 Å². The number of nitrogens with zero attached hydrogens (tertiary/aromatic N) is 1. The molecule has 2 saturated heterocycles. The van der Waals surface area contributed by atoms with Crippen molar-refractivity contribution in [3.05, 3.63) is 83.9 Å². The Morgan fingerprint density at radius 3 is 2.44 bits per heavy atom. The molecule has 2 heterocycles. The zero-order valence-electron chi connectivity index (χ0n) is 20.5. The molecule has 0 spiro atoms.